The summed E-state index contributed by atoms with van der Waals surface area (Å²) in [4.78, 5) is 18.2. The number of ketones is 1. The van der Waals surface area contributed by atoms with Crippen LogP contribution < -0.4 is 0 Å². The molecule has 1 saturated heterocycles. The SMILES string of the molecule is Cc1ccc2c(C(=O)CN3CCSCC3)c(C)[nH]c2c1. The molecular weight excluding hydrogens is 268 g/mol. The highest BCUT2D eigenvalue weighted by Gasteiger charge is 2.20. The maximum absolute atomic E-state index is 12.6. The van der Waals surface area contributed by atoms with E-state index in [1.54, 1.807) is 0 Å². The molecule has 0 unspecified atom stereocenters. The fraction of sp³-hybridized carbons (Fsp3) is 0.438. The van der Waals surface area contributed by atoms with E-state index in [1.165, 1.54) is 5.56 Å². The van der Waals surface area contributed by atoms with Crippen LogP contribution in [0.15, 0.2) is 18.2 Å². The second-order valence-corrected chi connectivity index (χ2v) is 6.71. The summed E-state index contributed by atoms with van der Waals surface area (Å²) in [6.07, 6.45) is 0. The third-order valence-corrected chi connectivity index (χ3v) is 4.83. The van der Waals surface area contributed by atoms with Crippen molar-refractivity contribution in [1.29, 1.82) is 0 Å². The van der Waals surface area contributed by atoms with Crippen LogP contribution in [-0.2, 0) is 0 Å². The Morgan fingerprint density at radius 2 is 2.05 bits per heavy atom. The lowest BCUT2D eigenvalue weighted by Crippen LogP contribution is -2.36. The lowest BCUT2D eigenvalue weighted by molar-refractivity contribution is 0.0938. The minimum atomic E-state index is 0.240. The molecule has 0 radical (unpaired) electrons. The first kappa shape index (κ1) is 13.7. The molecule has 3 rings (SSSR count). The summed E-state index contributed by atoms with van der Waals surface area (Å²) in [7, 11) is 0. The molecule has 2 aromatic rings. The van der Waals surface area contributed by atoms with Crippen molar-refractivity contribution in [2.45, 2.75) is 13.8 Å². The molecule has 106 valence electrons. The van der Waals surface area contributed by atoms with Crippen molar-refractivity contribution < 1.29 is 4.79 Å². The number of H-pyrrole nitrogens is 1. The number of benzene rings is 1. The van der Waals surface area contributed by atoms with E-state index in [2.05, 4.69) is 35.0 Å². The molecule has 1 aromatic heterocycles. The Labute approximate surface area is 123 Å². The van der Waals surface area contributed by atoms with Crippen LogP contribution >= 0.6 is 11.8 Å². The zero-order valence-electron chi connectivity index (χ0n) is 12.0. The van der Waals surface area contributed by atoms with E-state index < -0.39 is 0 Å². The van der Waals surface area contributed by atoms with Crippen LogP contribution in [0.3, 0.4) is 0 Å². The number of hydrogen-bond acceptors (Lipinski definition) is 3. The molecule has 4 heteroatoms. The normalized spacial score (nSPS) is 16.7. The van der Waals surface area contributed by atoms with Gasteiger partial charge in [0, 0.05) is 46.8 Å². The van der Waals surface area contributed by atoms with E-state index in [0.717, 1.165) is 46.8 Å². The lowest BCUT2D eigenvalue weighted by Gasteiger charge is -2.25. The van der Waals surface area contributed by atoms with Gasteiger partial charge in [0.05, 0.1) is 6.54 Å². The number of thioether (sulfide) groups is 1. The molecule has 1 fully saturated rings. The van der Waals surface area contributed by atoms with Gasteiger partial charge in [0.25, 0.3) is 0 Å². The van der Waals surface area contributed by atoms with Gasteiger partial charge in [0.1, 0.15) is 0 Å². The first-order valence-electron chi connectivity index (χ1n) is 7.07. The highest BCUT2D eigenvalue weighted by molar-refractivity contribution is 7.99. The second kappa shape index (κ2) is 5.62. The third kappa shape index (κ3) is 2.63. The van der Waals surface area contributed by atoms with E-state index in [0.29, 0.717) is 6.54 Å². The van der Waals surface area contributed by atoms with Crippen LogP contribution in [0, 0.1) is 13.8 Å². The van der Waals surface area contributed by atoms with Crippen LogP contribution in [0.2, 0.25) is 0 Å². The topological polar surface area (TPSA) is 36.1 Å². The molecule has 1 aliphatic rings. The lowest BCUT2D eigenvalue weighted by atomic mass is 10.0. The predicted octanol–water partition coefficient (Wildman–Crippen LogP) is 3.02. The van der Waals surface area contributed by atoms with Gasteiger partial charge in [0.15, 0.2) is 5.78 Å². The first-order chi connectivity index (χ1) is 9.65. The van der Waals surface area contributed by atoms with Gasteiger partial charge in [0.2, 0.25) is 0 Å². The minimum Gasteiger partial charge on any atom is -0.358 e. The minimum absolute atomic E-state index is 0.240. The zero-order valence-corrected chi connectivity index (χ0v) is 12.8. The third-order valence-electron chi connectivity index (χ3n) is 3.89. The van der Waals surface area contributed by atoms with Crippen molar-refractivity contribution in [3.05, 3.63) is 35.0 Å². The highest BCUT2D eigenvalue weighted by atomic mass is 32.2. The summed E-state index contributed by atoms with van der Waals surface area (Å²) in [5.41, 5.74) is 4.14. The van der Waals surface area contributed by atoms with Crippen molar-refractivity contribution in [2.75, 3.05) is 31.1 Å². The molecule has 0 saturated carbocycles. The molecule has 0 atom stereocenters. The van der Waals surface area contributed by atoms with Gasteiger partial charge in [-0.3, -0.25) is 9.69 Å². The van der Waals surface area contributed by atoms with Crippen LogP contribution in [0.5, 0.6) is 0 Å². The fourth-order valence-electron chi connectivity index (χ4n) is 2.85. The number of aromatic amines is 1. The molecule has 1 aliphatic heterocycles. The van der Waals surface area contributed by atoms with Crippen LogP contribution in [0.1, 0.15) is 21.6 Å². The average molecular weight is 288 g/mol. The van der Waals surface area contributed by atoms with Gasteiger partial charge in [-0.15, -0.1) is 0 Å². The summed E-state index contributed by atoms with van der Waals surface area (Å²) < 4.78 is 0. The number of carbonyl (C=O) groups excluding carboxylic acids is 1. The number of fused-ring (bicyclic) bond motifs is 1. The van der Waals surface area contributed by atoms with Crippen molar-refractivity contribution in [3.63, 3.8) is 0 Å². The van der Waals surface area contributed by atoms with Crippen molar-refractivity contribution >= 4 is 28.4 Å². The van der Waals surface area contributed by atoms with E-state index in [-0.39, 0.29) is 5.78 Å². The Morgan fingerprint density at radius 3 is 2.80 bits per heavy atom. The summed E-state index contributed by atoms with van der Waals surface area (Å²) in [6.45, 7) is 6.66. The van der Waals surface area contributed by atoms with E-state index in [1.807, 2.05) is 18.7 Å². The summed E-state index contributed by atoms with van der Waals surface area (Å²) >= 11 is 1.97. The quantitative estimate of drug-likeness (QED) is 0.882. The van der Waals surface area contributed by atoms with Gasteiger partial charge in [-0.05, 0) is 25.5 Å². The zero-order chi connectivity index (χ0) is 14.1. The van der Waals surface area contributed by atoms with Crippen LogP contribution in [-0.4, -0.2) is 46.8 Å². The Balaban J connectivity index is 1.88. The first-order valence-corrected chi connectivity index (χ1v) is 8.23. The molecule has 0 amide bonds. The molecule has 1 N–H and O–H groups in total. The Bertz CT molecular complexity index is 641. The molecule has 0 bridgehead atoms. The highest BCUT2D eigenvalue weighted by Crippen LogP contribution is 2.24. The summed E-state index contributed by atoms with van der Waals surface area (Å²) in [5, 5.41) is 1.06. The average Bonchev–Trinajstić information content (AvgIpc) is 2.74. The maximum Gasteiger partial charge on any atom is 0.179 e. The number of Topliss-reactive ketones (excluding diaryl/α,β-unsaturated/α-hetero) is 1. The molecule has 1 aromatic carbocycles. The number of hydrogen-bond donors (Lipinski definition) is 1. The molecule has 20 heavy (non-hydrogen) atoms. The summed E-state index contributed by atoms with van der Waals surface area (Å²) in [6, 6.07) is 6.24. The largest absolute Gasteiger partial charge is 0.358 e. The Hall–Kier alpha value is -1.26. The van der Waals surface area contributed by atoms with Crippen molar-refractivity contribution in [2.24, 2.45) is 0 Å². The van der Waals surface area contributed by atoms with Gasteiger partial charge < -0.3 is 4.98 Å². The van der Waals surface area contributed by atoms with Gasteiger partial charge >= 0.3 is 0 Å². The van der Waals surface area contributed by atoms with Gasteiger partial charge in [-0.25, -0.2) is 0 Å². The van der Waals surface area contributed by atoms with E-state index in [4.69, 9.17) is 0 Å². The molecule has 3 nitrogen and oxygen atoms in total. The van der Waals surface area contributed by atoms with Crippen LogP contribution in [0.25, 0.3) is 10.9 Å². The smallest absolute Gasteiger partial charge is 0.179 e. The number of carbonyl (C=O) groups is 1. The van der Waals surface area contributed by atoms with Gasteiger partial charge in [-0.1, -0.05) is 12.1 Å². The Morgan fingerprint density at radius 1 is 1.30 bits per heavy atom. The molecule has 0 aliphatic carbocycles. The van der Waals surface area contributed by atoms with Crippen molar-refractivity contribution in [1.82, 2.24) is 9.88 Å². The molecule has 2 heterocycles. The van der Waals surface area contributed by atoms with Crippen molar-refractivity contribution in [3.8, 4) is 0 Å². The number of nitrogens with zero attached hydrogens (tertiary/aromatic N) is 1. The Kier molecular flexibility index (Phi) is 3.85. The van der Waals surface area contributed by atoms with E-state index in [9.17, 15) is 4.79 Å². The molecular formula is C16H20N2OS. The van der Waals surface area contributed by atoms with Gasteiger partial charge in [-0.2, -0.15) is 11.8 Å². The monoisotopic (exact) mass is 288 g/mol. The number of nitrogens with one attached hydrogen (secondary N) is 1. The fourth-order valence-corrected chi connectivity index (χ4v) is 3.83. The summed E-state index contributed by atoms with van der Waals surface area (Å²) in [5.74, 6) is 2.52. The van der Waals surface area contributed by atoms with E-state index >= 15 is 0 Å². The second-order valence-electron chi connectivity index (χ2n) is 5.49. The maximum atomic E-state index is 12.6. The number of rotatable bonds is 3. The standard InChI is InChI=1S/C16H20N2OS/c1-11-3-4-13-14(9-11)17-12(2)16(13)15(19)10-18-5-7-20-8-6-18/h3-4,9,17H,5-8,10H2,1-2H3. The number of aryl methyl sites for hydroxylation is 2. The predicted molar refractivity (Wildman–Crippen MR) is 85.9 cm³/mol. The van der Waals surface area contributed by atoms with Crippen LogP contribution in [0.4, 0.5) is 0 Å². The number of aromatic nitrogens is 1. The molecule has 0 spiro atoms.